The second-order valence-electron chi connectivity index (χ2n) is 5.90. The molecule has 0 spiro atoms. The molecule has 1 aromatic carbocycles. The summed E-state index contributed by atoms with van der Waals surface area (Å²) in [5, 5.41) is 5.92. The lowest BCUT2D eigenvalue weighted by Crippen LogP contribution is -2.27. The lowest BCUT2D eigenvalue weighted by molar-refractivity contribution is 0.0636. The van der Waals surface area contributed by atoms with Crippen LogP contribution in [0.25, 0.3) is 0 Å². The maximum absolute atomic E-state index is 11.7. The third-order valence-electron chi connectivity index (χ3n) is 2.58. The van der Waals surface area contributed by atoms with Crippen LogP contribution >= 0.6 is 0 Å². The van der Waals surface area contributed by atoms with Gasteiger partial charge in [-0.25, -0.2) is 4.79 Å². The molecule has 0 bridgehead atoms. The van der Waals surface area contributed by atoms with Gasteiger partial charge in [-0.15, -0.1) is 0 Å². The molecule has 0 aliphatic heterocycles. The Bertz CT molecular complexity index is 458. The van der Waals surface area contributed by atoms with Crippen molar-refractivity contribution in [2.75, 3.05) is 31.6 Å². The number of nitrogens with one attached hydrogen (secondary N) is 2. The molecule has 6 heteroatoms. The molecule has 1 rings (SSSR count). The number of nitrogens with two attached hydrogens (primary N) is 1. The first-order valence-electron chi connectivity index (χ1n) is 7.54. The first kappa shape index (κ1) is 18.3. The molecule has 0 aliphatic rings. The SMILES string of the molecule is CC(C)(C)OC(=O)Nc1cccc(OCCNCCCN)c1. The molecule has 4 N–H and O–H groups in total. The molecule has 0 aliphatic carbocycles. The summed E-state index contributed by atoms with van der Waals surface area (Å²) < 4.78 is 10.8. The van der Waals surface area contributed by atoms with E-state index < -0.39 is 11.7 Å². The number of anilines is 1. The van der Waals surface area contributed by atoms with Crippen LogP contribution in [0.5, 0.6) is 5.75 Å². The summed E-state index contributed by atoms with van der Waals surface area (Å²) in [4.78, 5) is 11.7. The van der Waals surface area contributed by atoms with Gasteiger partial charge in [0.05, 0.1) is 0 Å². The smallest absolute Gasteiger partial charge is 0.412 e. The van der Waals surface area contributed by atoms with E-state index in [0.717, 1.165) is 19.5 Å². The highest BCUT2D eigenvalue weighted by molar-refractivity contribution is 5.85. The molecule has 0 radical (unpaired) electrons. The van der Waals surface area contributed by atoms with Crippen LogP contribution in [-0.4, -0.2) is 37.9 Å². The number of benzene rings is 1. The highest BCUT2D eigenvalue weighted by Crippen LogP contribution is 2.18. The van der Waals surface area contributed by atoms with E-state index >= 15 is 0 Å². The normalized spacial score (nSPS) is 11.1. The average molecular weight is 309 g/mol. The van der Waals surface area contributed by atoms with Crippen molar-refractivity contribution in [3.8, 4) is 5.75 Å². The van der Waals surface area contributed by atoms with Gasteiger partial charge in [0.15, 0.2) is 0 Å². The van der Waals surface area contributed by atoms with E-state index in [1.54, 1.807) is 12.1 Å². The number of ether oxygens (including phenoxy) is 2. The molecule has 0 aromatic heterocycles. The molecule has 0 saturated carbocycles. The Kier molecular flexibility index (Phi) is 7.70. The minimum atomic E-state index is -0.520. The van der Waals surface area contributed by atoms with Gasteiger partial charge in [0, 0.05) is 18.3 Å². The largest absolute Gasteiger partial charge is 0.492 e. The molecule has 124 valence electrons. The number of hydrogen-bond acceptors (Lipinski definition) is 5. The van der Waals surface area contributed by atoms with Crippen LogP contribution in [-0.2, 0) is 4.74 Å². The molecule has 1 aromatic rings. The van der Waals surface area contributed by atoms with E-state index in [2.05, 4.69) is 10.6 Å². The summed E-state index contributed by atoms with van der Waals surface area (Å²) >= 11 is 0. The van der Waals surface area contributed by atoms with Gasteiger partial charge < -0.3 is 20.5 Å². The number of amides is 1. The minimum absolute atomic E-state index is 0.479. The van der Waals surface area contributed by atoms with Crippen molar-refractivity contribution in [3.63, 3.8) is 0 Å². The molecule has 6 nitrogen and oxygen atoms in total. The Morgan fingerprint density at radius 1 is 1.27 bits per heavy atom. The van der Waals surface area contributed by atoms with Crippen LogP contribution in [0.3, 0.4) is 0 Å². The molecular formula is C16H27N3O3. The van der Waals surface area contributed by atoms with Gasteiger partial charge in [0.1, 0.15) is 18.0 Å². The fourth-order valence-corrected chi connectivity index (χ4v) is 1.68. The van der Waals surface area contributed by atoms with Gasteiger partial charge in [-0.05, 0) is 52.4 Å². The van der Waals surface area contributed by atoms with Crippen molar-refractivity contribution < 1.29 is 14.3 Å². The molecule has 1 amide bonds. The standard InChI is InChI=1S/C16H27N3O3/c1-16(2,3)22-15(20)19-13-6-4-7-14(12-13)21-11-10-18-9-5-8-17/h4,6-7,12,18H,5,8-11,17H2,1-3H3,(H,19,20). The molecule has 0 fully saturated rings. The molecular weight excluding hydrogens is 282 g/mol. The zero-order valence-electron chi connectivity index (χ0n) is 13.6. The summed E-state index contributed by atoms with van der Waals surface area (Å²) in [6, 6.07) is 7.23. The van der Waals surface area contributed by atoms with Gasteiger partial charge in [0.25, 0.3) is 0 Å². The highest BCUT2D eigenvalue weighted by atomic mass is 16.6. The molecule has 22 heavy (non-hydrogen) atoms. The summed E-state index contributed by atoms with van der Waals surface area (Å²) in [5.74, 6) is 0.703. The van der Waals surface area contributed by atoms with Crippen LogP contribution < -0.4 is 21.1 Å². The predicted molar refractivity (Wildman–Crippen MR) is 88.3 cm³/mol. The van der Waals surface area contributed by atoms with E-state index in [-0.39, 0.29) is 0 Å². The lowest BCUT2D eigenvalue weighted by atomic mass is 10.2. The Hall–Kier alpha value is -1.79. The maximum Gasteiger partial charge on any atom is 0.412 e. The number of carbonyl (C=O) groups excluding carboxylic acids is 1. The Labute approximate surface area is 132 Å². The minimum Gasteiger partial charge on any atom is -0.492 e. The van der Waals surface area contributed by atoms with Crippen LogP contribution in [0.1, 0.15) is 27.2 Å². The molecule has 0 saturated heterocycles. The monoisotopic (exact) mass is 309 g/mol. The van der Waals surface area contributed by atoms with Gasteiger partial charge in [0.2, 0.25) is 0 Å². The third-order valence-corrected chi connectivity index (χ3v) is 2.58. The van der Waals surface area contributed by atoms with Gasteiger partial charge in [-0.3, -0.25) is 5.32 Å². The summed E-state index contributed by atoms with van der Waals surface area (Å²) in [6.07, 6.45) is 0.475. The van der Waals surface area contributed by atoms with Crippen molar-refractivity contribution >= 4 is 11.8 Å². The van der Waals surface area contributed by atoms with Crippen molar-refractivity contribution in [3.05, 3.63) is 24.3 Å². The van der Waals surface area contributed by atoms with Crippen LogP contribution in [0.15, 0.2) is 24.3 Å². The number of hydrogen-bond donors (Lipinski definition) is 3. The van der Waals surface area contributed by atoms with Gasteiger partial charge in [-0.1, -0.05) is 6.07 Å². The zero-order chi connectivity index (χ0) is 16.4. The Morgan fingerprint density at radius 2 is 2.05 bits per heavy atom. The van der Waals surface area contributed by atoms with Gasteiger partial charge in [-0.2, -0.15) is 0 Å². The second-order valence-corrected chi connectivity index (χ2v) is 5.90. The number of rotatable bonds is 8. The van der Waals surface area contributed by atoms with E-state index in [1.165, 1.54) is 0 Å². The average Bonchev–Trinajstić information content (AvgIpc) is 2.41. The van der Waals surface area contributed by atoms with E-state index in [4.69, 9.17) is 15.2 Å². The van der Waals surface area contributed by atoms with Crippen LogP contribution in [0, 0.1) is 0 Å². The number of carbonyl (C=O) groups is 1. The first-order valence-corrected chi connectivity index (χ1v) is 7.54. The molecule has 0 atom stereocenters. The fourth-order valence-electron chi connectivity index (χ4n) is 1.68. The van der Waals surface area contributed by atoms with Crippen molar-refractivity contribution in [2.45, 2.75) is 32.8 Å². The van der Waals surface area contributed by atoms with Crippen LogP contribution in [0.2, 0.25) is 0 Å². The van der Waals surface area contributed by atoms with E-state index in [9.17, 15) is 4.79 Å². The quantitative estimate of drug-likeness (QED) is 0.642. The zero-order valence-corrected chi connectivity index (χ0v) is 13.6. The second kappa shape index (κ2) is 9.27. The molecule has 0 heterocycles. The highest BCUT2D eigenvalue weighted by Gasteiger charge is 2.16. The predicted octanol–water partition coefficient (Wildman–Crippen LogP) is 2.35. The topological polar surface area (TPSA) is 85.6 Å². The molecule has 0 unspecified atom stereocenters. The van der Waals surface area contributed by atoms with Crippen molar-refractivity contribution in [1.29, 1.82) is 0 Å². The first-order chi connectivity index (χ1) is 10.4. The maximum atomic E-state index is 11.7. The fraction of sp³-hybridized carbons (Fsp3) is 0.562. The lowest BCUT2D eigenvalue weighted by Gasteiger charge is -2.19. The summed E-state index contributed by atoms with van der Waals surface area (Å²) in [6.45, 7) is 8.36. The van der Waals surface area contributed by atoms with E-state index in [0.29, 0.717) is 24.6 Å². The third kappa shape index (κ3) is 8.49. The van der Waals surface area contributed by atoms with Crippen LogP contribution in [0.4, 0.5) is 10.5 Å². The van der Waals surface area contributed by atoms with Gasteiger partial charge >= 0.3 is 6.09 Å². The Morgan fingerprint density at radius 3 is 2.73 bits per heavy atom. The summed E-state index contributed by atoms with van der Waals surface area (Å²) in [5.41, 5.74) is 5.53. The van der Waals surface area contributed by atoms with Crippen molar-refractivity contribution in [1.82, 2.24) is 5.32 Å². The van der Waals surface area contributed by atoms with Crippen molar-refractivity contribution in [2.24, 2.45) is 5.73 Å². The van der Waals surface area contributed by atoms with E-state index in [1.807, 2.05) is 32.9 Å². The Balaban J connectivity index is 2.37. The summed E-state index contributed by atoms with van der Waals surface area (Å²) in [7, 11) is 0.